The van der Waals surface area contributed by atoms with Crippen molar-refractivity contribution < 1.29 is 22.7 Å². The number of alkyl halides is 3. The number of halogens is 3. The Hall–Kier alpha value is -1.26. The van der Waals surface area contributed by atoms with E-state index in [9.17, 15) is 18.0 Å². The Labute approximate surface area is 105 Å². The lowest BCUT2D eigenvalue weighted by atomic mass is 10.5. The second-order valence-electron chi connectivity index (χ2n) is 3.13. The summed E-state index contributed by atoms with van der Waals surface area (Å²) in [4.78, 5) is 11.3. The van der Waals surface area contributed by atoms with E-state index < -0.39 is 17.1 Å². The van der Waals surface area contributed by atoms with Crippen LogP contribution >= 0.6 is 11.3 Å². The summed E-state index contributed by atoms with van der Waals surface area (Å²) in [6, 6.07) is 0. The minimum atomic E-state index is -4.54. The van der Waals surface area contributed by atoms with Gasteiger partial charge in [-0.05, 0) is 0 Å². The average molecular weight is 284 g/mol. The number of methoxy groups -OCH3 is 1. The van der Waals surface area contributed by atoms with E-state index in [2.05, 4.69) is 20.8 Å². The summed E-state index contributed by atoms with van der Waals surface area (Å²) in [6.45, 7) is 0.864. The van der Waals surface area contributed by atoms with Crippen molar-refractivity contribution in [2.45, 2.75) is 6.18 Å². The zero-order valence-corrected chi connectivity index (χ0v) is 10.2. The second-order valence-corrected chi connectivity index (χ2v) is 4.11. The molecule has 102 valence electrons. The molecule has 1 aromatic rings. The number of hydrogen-bond donors (Lipinski definition) is 2. The Morgan fingerprint density at radius 3 is 2.72 bits per heavy atom. The topological polar surface area (TPSA) is 76.1 Å². The first-order chi connectivity index (χ1) is 8.43. The van der Waals surface area contributed by atoms with Crippen molar-refractivity contribution in [1.29, 1.82) is 0 Å². The van der Waals surface area contributed by atoms with Crippen LogP contribution in [-0.2, 0) is 15.7 Å². The maximum atomic E-state index is 12.2. The van der Waals surface area contributed by atoms with E-state index in [0.29, 0.717) is 13.2 Å². The molecule has 18 heavy (non-hydrogen) atoms. The average Bonchev–Trinajstić information content (AvgIpc) is 2.72. The fraction of sp³-hybridized carbons (Fsp3) is 0.625. The molecule has 1 aromatic heterocycles. The number of rotatable bonds is 6. The van der Waals surface area contributed by atoms with Gasteiger partial charge < -0.3 is 10.1 Å². The molecule has 0 radical (unpaired) electrons. The smallest absolute Gasteiger partial charge is 0.383 e. The number of amides is 1. The number of hydrogen-bond acceptors (Lipinski definition) is 6. The van der Waals surface area contributed by atoms with Crippen molar-refractivity contribution in [2.75, 3.05) is 32.1 Å². The molecule has 0 aliphatic heterocycles. The van der Waals surface area contributed by atoms with Gasteiger partial charge in [0, 0.05) is 13.7 Å². The maximum absolute atomic E-state index is 12.2. The van der Waals surface area contributed by atoms with Crippen LogP contribution in [0.3, 0.4) is 0 Å². The number of ether oxygens (including phenoxy) is 1. The minimum absolute atomic E-state index is 0.0374. The van der Waals surface area contributed by atoms with E-state index in [1.165, 1.54) is 7.11 Å². The lowest BCUT2D eigenvalue weighted by Crippen LogP contribution is -2.30. The largest absolute Gasteiger partial charge is 0.445 e. The van der Waals surface area contributed by atoms with E-state index in [1.54, 1.807) is 0 Å². The summed E-state index contributed by atoms with van der Waals surface area (Å²) in [5.74, 6) is -0.490. The van der Waals surface area contributed by atoms with Gasteiger partial charge in [0.1, 0.15) is 0 Å². The molecule has 0 atom stereocenters. The van der Waals surface area contributed by atoms with Gasteiger partial charge in [-0.25, -0.2) is 0 Å². The summed E-state index contributed by atoms with van der Waals surface area (Å²) in [6.07, 6.45) is -4.54. The molecule has 0 aliphatic rings. The number of anilines is 1. The molecule has 0 bridgehead atoms. The molecule has 0 aromatic carbocycles. The van der Waals surface area contributed by atoms with E-state index >= 15 is 0 Å². The van der Waals surface area contributed by atoms with Gasteiger partial charge in [0.25, 0.3) is 0 Å². The van der Waals surface area contributed by atoms with Gasteiger partial charge in [-0.1, -0.05) is 11.3 Å². The molecule has 2 N–H and O–H groups in total. The van der Waals surface area contributed by atoms with Gasteiger partial charge in [0.05, 0.1) is 13.2 Å². The SMILES string of the molecule is COCCNCC(=O)Nc1nnc(C(F)(F)F)s1. The third-order valence-electron chi connectivity index (χ3n) is 1.68. The zero-order chi connectivity index (χ0) is 13.6. The highest BCUT2D eigenvalue weighted by Gasteiger charge is 2.35. The molecule has 0 unspecified atom stereocenters. The minimum Gasteiger partial charge on any atom is -0.383 e. The Bertz CT molecular complexity index is 396. The van der Waals surface area contributed by atoms with Gasteiger partial charge in [0.2, 0.25) is 16.0 Å². The van der Waals surface area contributed by atoms with Gasteiger partial charge in [-0.15, -0.1) is 10.2 Å². The standard InChI is InChI=1S/C8H11F3N4O2S/c1-17-3-2-12-4-5(16)13-7-15-14-6(18-7)8(9,10)11/h12H,2-4H2,1H3,(H,13,15,16). The number of carbonyl (C=O) groups excluding carboxylic acids is 1. The molecule has 10 heteroatoms. The molecule has 0 saturated carbocycles. The van der Waals surface area contributed by atoms with E-state index in [-0.39, 0.29) is 23.0 Å². The summed E-state index contributed by atoms with van der Waals surface area (Å²) >= 11 is 0.280. The molecular formula is C8H11F3N4O2S. The highest BCUT2D eigenvalue weighted by molar-refractivity contribution is 7.15. The second kappa shape index (κ2) is 6.61. The van der Waals surface area contributed by atoms with Gasteiger partial charge >= 0.3 is 6.18 Å². The van der Waals surface area contributed by atoms with Crippen LogP contribution in [0, 0.1) is 0 Å². The van der Waals surface area contributed by atoms with Crippen molar-refractivity contribution in [2.24, 2.45) is 0 Å². The molecule has 1 amide bonds. The van der Waals surface area contributed by atoms with Crippen molar-refractivity contribution >= 4 is 22.4 Å². The van der Waals surface area contributed by atoms with Crippen molar-refractivity contribution in [3.63, 3.8) is 0 Å². The summed E-state index contributed by atoms with van der Waals surface area (Å²) in [5, 5.41) is 9.85. The van der Waals surface area contributed by atoms with Gasteiger partial charge in [-0.3, -0.25) is 10.1 Å². The number of aromatic nitrogens is 2. The van der Waals surface area contributed by atoms with Crippen LogP contribution in [0.25, 0.3) is 0 Å². The Morgan fingerprint density at radius 1 is 1.44 bits per heavy atom. The molecule has 1 rings (SSSR count). The summed E-state index contributed by atoms with van der Waals surface area (Å²) < 4.78 is 41.3. The molecule has 1 heterocycles. The number of nitrogens with zero attached hydrogens (tertiary/aromatic N) is 2. The molecule has 0 fully saturated rings. The van der Waals surface area contributed by atoms with Crippen LogP contribution in [0.5, 0.6) is 0 Å². The predicted octanol–water partition coefficient (Wildman–Crippen LogP) is 0.731. The lowest BCUT2D eigenvalue weighted by Gasteiger charge is -2.03. The van der Waals surface area contributed by atoms with Crippen molar-refractivity contribution in [1.82, 2.24) is 15.5 Å². The monoisotopic (exact) mass is 284 g/mol. The predicted molar refractivity (Wildman–Crippen MR) is 58.3 cm³/mol. The number of carbonyl (C=O) groups is 1. The first-order valence-corrected chi connectivity index (χ1v) is 5.65. The Kier molecular flexibility index (Phi) is 5.44. The first-order valence-electron chi connectivity index (χ1n) is 4.83. The molecular weight excluding hydrogens is 273 g/mol. The Morgan fingerprint density at radius 2 is 2.17 bits per heavy atom. The van der Waals surface area contributed by atoms with Gasteiger partial charge in [0.15, 0.2) is 0 Å². The highest BCUT2D eigenvalue weighted by atomic mass is 32.1. The molecule has 0 aliphatic carbocycles. The quantitative estimate of drug-likeness (QED) is 0.753. The van der Waals surface area contributed by atoms with Crippen LogP contribution in [0.15, 0.2) is 0 Å². The lowest BCUT2D eigenvalue weighted by molar-refractivity contribution is -0.138. The highest BCUT2D eigenvalue weighted by Crippen LogP contribution is 2.32. The van der Waals surface area contributed by atoms with Crippen LogP contribution in [0.4, 0.5) is 18.3 Å². The van der Waals surface area contributed by atoms with E-state index in [4.69, 9.17) is 4.74 Å². The van der Waals surface area contributed by atoms with Crippen LogP contribution in [0.1, 0.15) is 5.01 Å². The molecule has 6 nitrogen and oxygen atoms in total. The van der Waals surface area contributed by atoms with Crippen LogP contribution in [-0.4, -0.2) is 42.9 Å². The third-order valence-corrected chi connectivity index (χ3v) is 2.57. The van der Waals surface area contributed by atoms with Gasteiger partial charge in [-0.2, -0.15) is 13.2 Å². The molecule has 0 spiro atoms. The number of nitrogens with one attached hydrogen (secondary N) is 2. The Balaban J connectivity index is 2.38. The first kappa shape index (κ1) is 14.8. The fourth-order valence-corrected chi connectivity index (χ4v) is 1.55. The van der Waals surface area contributed by atoms with Crippen LogP contribution < -0.4 is 10.6 Å². The molecule has 0 saturated heterocycles. The van der Waals surface area contributed by atoms with E-state index in [0.717, 1.165) is 0 Å². The maximum Gasteiger partial charge on any atom is 0.445 e. The fourth-order valence-electron chi connectivity index (χ4n) is 0.928. The van der Waals surface area contributed by atoms with Crippen molar-refractivity contribution in [3.05, 3.63) is 5.01 Å². The zero-order valence-electron chi connectivity index (χ0n) is 9.37. The summed E-state index contributed by atoms with van der Waals surface area (Å²) in [7, 11) is 1.52. The normalized spacial score (nSPS) is 11.6. The van der Waals surface area contributed by atoms with E-state index in [1.807, 2.05) is 0 Å². The third kappa shape index (κ3) is 4.94. The summed E-state index contributed by atoms with van der Waals surface area (Å²) in [5.41, 5.74) is 0. The van der Waals surface area contributed by atoms with Crippen LogP contribution in [0.2, 0.25) is 0 Å². The van der Waals surface area contributed by atoms with Crippen molar-refractivity contribution in [3.8, 4) is 0 Å².